The van der Waals surface area contributed by atoms with Crippen LogP contribution < -0.4 is 5.56 Å². The highest BCUT2D eigenvalue weighted by Crippen LogP contribution is 2.27. The van der Waals surface area contributed by atoms with Crippen LogP contribution in [0, 0.1) is 0 Å². The summed E-state index contributed by atoms with van der Waals surface area (Å²) in [6.07, 6.45) is 4.47. The van der Waals surface area contributed by atoms with Crippen molar-refractivity contribution in [3.8, 4) is 17.1 Å². The SMILES string of the molecule is CC(C)(C)c1nc2c(c(=O)[nH]1)CN(Cc1cn(-c3ccccc3)nc1-c1ccco1)CC2. The maximum atomic E-state index is 12.8. The van der Waals surface area contributed by atoms with Gasteiger partial charge in [0.1, 0.15) is 11.5 Å². The normalized spacial score (nSPS) is 14.5. The molecule has 1 aromatic carbocycles. The monoisotopic (exact) mass is 429 g/mol. The molecule has 0 bridgehead atoms. The number of hydrogen-bond donors (Lipinski definition) is 1. The molecule has 7 heteroatoms. The van der Waals surface area contributed by atoms with Gasteiger partial charge in [-0.3, -0.25) is 9.69 Å². The Balaban J connectivity index is 1.45. The second kappa shape index (κ2) is 7.91. The largest absolute Gasteiger partial charge is 0.463 e. The van der Waals surface area contributed by atoms with Crippen molar-refractivity contribution >= 4 is 0 Å². The van der Waals surface area contributed by atoms with Gasteiger partial charge in [0.05, 0.1) is 23.2 Å². The van der Waals surface area contributed by atoms with Gasteiger partial charge in [-0.2, -0.15) is 5.10 Å². The molecule has 0 unspecified atom stereocenters. The zero-order valence-corrected chi connectivity index (χ0v) is 18.6. The average molecular weight is 430 g/mol. The van der Waals surface area contributed by atoms with E-state index in [1.807, 2.05) is 53.3 Å². The van der Waals surface area contributed by atoms with E-state index in [-0.39, 0.29) is 11.0 Å². The Hall–Kier alpha value is -3.45. The summed E-state index contributed by atoms with van der Waals surface area (Å²) in [6, 6.07) is 13.8. The van der Waals surface area contributed by atoms with E-state index < -0.39 is 0 Å². The van der Waals surface area contributed by atoms with E-state index in [1.165, 1.54) is 0 Å². The minimum atomic E-state index is -0.185. The summed E-state index contributed by atoms with van der Waals surface area (Å²) in [4.78, 5) is 22.9. The molecule has 4 heterocycles. The number of furan rings is 1. The van der Waals surface area contributed by atoms with Gasteiger partial charge in [-0.1, -0.05) is 39.0 Å². The average Bonchev–Trinajstić information content (AvgIpc) is 3.44. The first-order chi connectivity index (χ1) is 15.4. The molecule has 0 amide bonds. The summed E-state index contributed by atoms with van der Waals surface area (Å²) in [7, 11) is 0. The standard InChI is InChI=1S/C25H27N5O2/c1-25(2,3)24-26-20-11-12-29(16-19(20)23(31)27-24)14-17-15-30(18-8-5-4-6-9-18)28-22(17)21-10-7-13-32-21/h4-10,13,15H,11-12,14,16H2,1-3H3,(H,26,27,31). The lowest BCUT2D eigenvalue weighted by Gasteiger charge is -2.28. The molecule has 7 nitrogen and oxygen atoms in total. The minimum Gasteiger partial charge on any atom is -0.463 e. The van der Waals surface area contributed by atoms with Crippen LogP contribution in [0.2, 0.25) is 0 Å². The highest BCUT2D eigenvalue weighted by Gasteiger charge is 2.26. The third kappa shape index (κ3) is 3.91. The zero-order valence-electron chi connectivity index (χ0n) is 18.6. The molecule has 164 valence electrons. The fraction of sp³-hybridized carbons (Fsp3) is 0.320. The van der Waals surface area contributed by atoms with Gasteiger partial charge in [-0.05, 0) is 24.3 Å². The zero-order chi connectivity index (χ0) is 22.3. The van der Waals surface area contributed by atoms with E-state index >= 15 is 0 Å². The third-order valence-corrected chi connectivity index (χ3v) is 5.82. The van der Waals surface area contributed by atoms with Gasteiger partial charge < -0.3 is 9.40 Å². The third-order valence-electron chi connectivity index (χ3n) is 5.82. The fourth-order valence-electron chi connectivity index (χ4n) is 4.07. The van der Waals surface area contributed by atoms with Crippen molar-refractivity contribution in [3.05, 3.63) is 87.9 Å². The quantitative estimate of drug-likeness (QED) is 0.529. The second-order valence-electron chi connectivity index (χ2n) is 9.31. The van der Waals surface area contributed by atoms with Crippen molar-refractivity contribution < 1.29 is 4.42 Å². The smallest absolute Gasteiger partial charge is 0.255 e. The van der Waals surface area contributed by atoms with Gasteiger partial charge in [-0.25, -0.2) is 9.67 Å². The predicted molar refractivity (Wildman–Crippen MR) is 123 cm³/mol. The van der Waals surface area contributed by atoms with Crippen molar-refractivity contribution in [1.82, 2.24) is 24.6 Å². The van der Waals surface area contributed by atoms with E-state index in [2.05, 4.69) is 30.7 Å². The highest BCUT2D eigenvalue weighted by atomic mass is 16.3. The molecule has 0 fully saturated rings. The lowest BCUT2D eigenvalue weighted by Crippen LogP contribution is -2.37. The molecule has 32 heavy (non-hydrogen) atoms. The lowest BCUT2D eigenvalue weighted by molar-refractivity contribution is 0.241. The van der Waals surface area contributed by atoms with Gasteiger partial charge in [0.15, 0.2) is 5.76 Å². The molecule has 1 N–H and O–H groups in total. The number of aromatic amines is 1. The molecule has 5 rings (SSSR count). The topological polar surface area (TPSA) is 80.0 Å². The molecule has 0 aliphatic carbocycles. The molecule has 0 saturated carbocycles. The van der Waals surface area contributed by atoms with E-state index in [4.69, 9.17) is 14.5 Å². The summed E-state index contributed by atoms with van der Waals surface area (Å²) in [5, 5.41) is 4.80. The molecular weight excluding hydrogens is 402 g/mol. The summed E-state index contributed by atoms with van der Waals surface area (Å²) >= 11 is 0. The molecule has 0 atom stereocenters. The van der Waals surface area contributed by atoms with Gasteiger partial charge in [0.2, 0.25) is 0 Å². The highest BCUT2D eigenvalue weighted by molar-refractivity contribution is 5.57. The molecule has 3 aromatic heterocycles. The van der Waals surface area contributed by atoms with E-state index in [9.17, 15) is 4.79 Å². The molecule has 4 aromatic rings. The second-order valence-corrected chi connectivity index (χ2v) is 9.31. The Morgan fingerprint density at radius 3 is 2.66 bits per heavy atom. The minimum absolute atomic E-state index is 0.0316. The summed E-state index contributed by atoms with van der Waals surface area (Å²) < 4.78 is 7.54. The molecule has 0 spiro atoms. The van der Waals surface area contributed by atoms with Crippen molar-refractivity contribution in [2.45, 2.75) is 45.7 Å². The molecular formula is C25H27N5O2. The van der Waals surface area contributed by atoms with Crippen LogP contribution in [0.1, 0.15) is 43.4 Å². The molecule has 1 aliphatic rings. The van der Waals surface area contributed by atoms with E-state index in [1.54, 1.807) is 6.26 Å². The van der Waals surface area contributed by atoms with Gasteiger partial charge in [0, 0.05) is 43.2 Å². The number of hydrogen-bond acceptors (Lipinski definition) is 5. The van der Waals surface area contributed by atoms with Gasteiger partial charge >= 0.3 is 0 Å². The van der Waals surface area contributed by atoms with Crippen LogP contribution in [0.25, 0.3) is 17.1 Å². The Bertz CT molecular complexity index is 1280. The van der Waals surface area contributed by atoms with Crippen LogP contribution in [0.4, 0.5) is 0 Å². The maximum absolute atomic E-state index is 12.8. The summed E-state index contributed by atoms with van der Waals surface area (Å²) in [6.45, 7) is 8.26. The number of para-hydroxylation sites is 1. The predicted octanol–water partition coefficient (Wildman–Crippen LogP) is 4.07. The van der Waals surface area contributed by atoms with Crippen LogP contribution in [0.5, 0.6) is 0 Å². The van der Waals surface area contributed by atoms with E-state index in [0.717, 1.165) is 52.8 Å². The number of aromatic nitrogens is 4. The molecule has 0 saturated heterocycles. The number of fused-ring (bicyclic) bond motifs is 1. The maximum Gasteiger partial charge on any atom is 0.255 e. The Morgan fingerprint density at radius 1 is 1.12 bits per heavy atom. The first-order valence-electron chi connectivity index (χ1n) is 10.9. The number of nitrogens with zero attached hydrogens (tertiary/aromatic N) is 4. The van der Waals surface area contributed by atoms with Crippen LogP contribution in [-0.4, -0.2) is 31.2 Å². The Labute approximate surface area is 186 Å². The fourth-order valence-corrected chi connectivity index (χ4v) is 4.07. The van der Waals surface area contributed by atoms with Gasteiger partial charge in [0.25, 0.3) is 5.56 Å². The number of benzene rings is 1. The van der Waals surface area contributed by atoms with Gasteiger partial charge in [-0.15, -0.1) is 0 Å². The van der Waals surface area contributed by atoms with Crippen molar-refractivity contribution in [3.63, 3.8) is 0 Å². The summed E-state index contributed by atoms with van der Waals surface area (Å²) in [5.41, 5.74) is 4.33. The van der Waals surface area contributed by atoms with Crippen LogP contribution in [0.3, 0.4) is 0 Å². The number of rotatable bonds is 4. The summed E-state index contributed by atoms with van der Waals surface area (Å²) in [5.74, 6) is 1.49. The molecule has 0 radical (unpaired) electrons. The Kier molecular flexibility index (Phi) is 5.06. The molecule has 1 aliphatic heterocycles. The van der Waals surface area contributed by atoms with Crippen molar-refractivity contribution in [2.24, 2.45) is 0 Å². The first-order valence-corrected chi connectivity index (χ1v) is 10.9. The van der Waals surface area contributed by atoms with Crippen LogP contribution >= 0.6 is 0 Å². The number of nitrogens with one attached hydrogen (secondary N) is 1. The van der Waals surface area contributed by atoms with Crippen molar-refractivity contribution in [1.29, 1.82) is 0 Å². The lowest BCUT2D eigenvalue weighted by atomic mass is 9.95. The Morgan fingerprint density at radius 2 is 1.94 bits per heavy atom. The number of H-pyrrole nitrogens is 1. The van der Waals surface area contributed by atoms with E-state index in [0.29, 0.717) is 13.1 Å². The first kappa shape index (κ1) is 20.5. The van der Waals surface area contributed by atoms with Crippen LogP contribution in [-0.2, 0) is 24.9 Å². The van der Waals surface area contributed by atoms with Crippen molar-refractivity contribution in [2.75, 3.05) is 6.54 Å². The van der Waals surface area contributed by atoms with Crippen LogP contribution in [0.15, 0.2) is 64.1 Å².